The Kier molecular flexibility index (Phi) is 6.24. The van der Waals surface area contributed by atoms with Crippen LogP contribution in [-0.4, -0.2) is 22.6 Å². The Morgan fingerprint density at radius 1 is 1.14 bits per heavy atom. The molecule has 1 aromatic carbocycles. The molecule has 0 unspecified atom stereocenters. The van der Waals surface area contributed by atoms with Gasteiger partial charge in [-0.3, -0.25) is 10.0 Å². The lowest BCUT2D eigenvalue weighted by molar-refractivity contribution is -0.129. The van der Waals surface area contributed by atoms with Crippen LogP contribution in [0.25, 0.3) is 10.9 Å². The maximum atomic E-state index is 10.8. The smallest absolute Gasteiger partial charge is 0.243 e. The third kappa shape index (κ3) is 5.21. The van der Waals surface area contributed by atoms with Crippen LogP contribution < -0.4 is 10.8 Å². The number of aromatic amines is 1. The molecule has 1 aromatic heterocycles. The molecule has 1 heterocycles. The van der Waals surface area contributed by atoms with E-state index in [9.17, 15) is 4.79 Å². The number of fused-ring (bicyclic) bond motifs is 1. The molecule has 0 atom stereocenters. The Bertz CT molecular complexity index is 532. The molecular weight excluding hydrogens is 266 g/mol. The van der Waals surface area contributed by atoms with Gasteiger partial charge in [0.05, 0.1) is 0 Å². The first-order valence-electron chi connectivity index (χ1n) is 7.50. The van der Waals surface area contributed by atoms with Crippen molar-refractivity contribution in [3.8, 4) is 0 Å². The SMILES string of the molecule is O=C(CCCCCCNCc1cc2ccccc2[nH]1)NO. The van der Waals surface area contributed by atoms with Crippen LogP contribution in [0.4, 0.5) is 0 Å². The predicted molar refractivity (Wildman–Crippen MR) is 83.0 cm³/mol. The Balaban J connectivity index is 1.54. The second kappa shape index (κ2) is 8.44. The summed E-state index contributed by atoms with van der Waals surface area (Å²) in [5, 5.41) is 13.0. The molecule has 0 aliphatic heterocycles. The summed E-state index contributed by atoms with van der Waals surface area (Å²) in [5.41, 5.74) is 4.03. The third-order valence-corrected chi connectivity index (χ3v) is 3.53. The number of unbranched alkanes of at least 4 members (excludes halogenated alkanes) is 3. The van der Waals surface area contributed by atoms with E-state index in [1.165, 1.54) is 16.6 Å². The average Bonchev–Trinajstić information content (AvgIpc) is 2.92. The normalized spacial score (nSPS) is 10.9. The summed E-state index contributed by atoms with van der Waals surface area (Å²) in [6, 6.07) is 10.5. The van der Waals surface area contributed by atoms with E-state index in [4.69, 9.17) is 5.21 Å². The molecule has 2 rings (SSSR count). The Labute approximate surface area is 124 Å². The van der Waals surface area contributed by atoms with Crippen molar-refractivity contribution >= 4 is 16.8 Å². The van der Waals surface area contributed by atoms with Gasteiger partial charge in [0.1, 0.15) is 0 Å². The zero-order valence-corrected chi connectivity index (χ0v) is 12.2. The minimum atomic E-state index is -0.299. The first-order chi connectivity index (χ1) is 10.3. The summed E-state index contributed by atoms with van der Waals surface area (Å²) < 4.78 is 0. The third-order valence-electron chi connectivity index (χ3n) is 3.53. The lowest BCUT2D eigenvalue weighted by Gasteiger charge is -2.03. The minimum absolute atomic E-state index is 0.299. The van der Waals surface area contributed by atoms with E-state index in [1.54, 1.807) is 5.48 Å². The molecule has 5 heteroatoms. The van der Waals surface area contributed by atoms with Crippen LogP contribution in [0.1, 0.15) is 37.8 Å². The highest BCUT2D eigenvalue weighted by Crippen LogP contribution is 2.14. The number of hydrogen-bond donors (Lipinski definition) is 4. The lowest BCUT2D eigenvalue weighted by atomic mass is 10.1. The highest BCUT2D eigenvalue weighted by atomic mass is 16.5. The van der Waals surface area contributed by atoms with Crippen molar-refractivity contribution in [2.45, 2.75) is 38.6 Å². The van der Waals surface area contributed by atoms with Crippen molar-refractivity contribution in [2.24, 2.45) is 0 Å². The second-order valence-electron chi connectivity index (χ2n) is 5.26. The van der Waals surface area contributed by atoms with Crippen molar-refractivity contribution < 1.29 is 10.0 Å². The molecule has 0 saturated heterocycles. The number of para-hydroxylation sites is 1. The second-order valence-corrected chi connectivity index (χ2v) is 5.26. The number of H-pyrrole nitrogens is 1. The summed E-state index contributed by atoms with van der Waals surface area (Å²) in [4.78, 5) is 14.2. The van der Waals surface area contributed by atoms with Gasteiger partial charge in [-0.05, 0) is 36.9 Å². The zero-order chi connectivity index (χ0) is 14.9. The van der Waals surface area contributed by atoms with Crippen LogP contribution in [0.15, 0.2) is 30.3 Å². The fourth-order valence-electron chi connectivity index (χ4n) is 2.40. The molecular formula is C16H23N3O2. The molecule has 0 bridgehead atoms. The number of nitrogens with one attached hydrogen (secondary N) is 3. The lowest BCUT2D eigenvalue weighted by Crippen LogP contribution is -2.17. The molecule has 0 fully saturated rings. The van der Waals surface area contributed by atoms with Crippen molar-refractivity contribution in [3.63, 3.8) is 0 Å². The fraction of sp³-hybridized carbons (Fsp3) is 0.438. The van der Waals surface area contributed by atoms with Gasteiger partial charge in [-0.25, -0.2) is 5.48 Å². The fourth-order valence-corrected chi connectivity index (χ4v) is 2.40. The summed E-state index contributed by atoms with van der Waals surface area (Å²) in [6.07, 6.45) is 4.44. The van der Waals surface area contributed by atoms with Gasteiger partial charge in [-0.1, -0.05) is 31.0 Å². The number of carbonyl (C=O) groups excluding carboxylic acids is 1. The number of amides is 1. The molecule has 21 heavy (non-hydrogen) atoms. The molecule has 0 radical (unpaired) electrons. The number of aromatic nitrogens is 1. The van der Waals surface area contributed by atoms with Crippen LogP contribution in [0, 0.1) is 0 Å². The van der Waals surface area contributed by atoms with Gasteiger partial charge >= 0.3 is 0 Å². The largest absolute Gasteiger partial charge is 0.357 e. The Morgan fingerprint density at radius 2 is 1.95 bits per heavy atom. The number of benzene rings is 1. The molecule has 0 aliphatic rings. The van der Waals surface area contributed by atoms with Gasteiger partial charge in [0.25, 0.3) is 0 Å². The van der Waals surface area contributed by atoms with Crippen molar-refractivity contribution in [1.29, 1.82) is 0 Å². The molecule has 0 spiro atoms. The van der Waals surface area contributed by atoms with E-state index in [0.717, 1.165) is 38.8 Å². The molecule has 4 N–H and O–H groups in total. The summed E-state index contributed by atoms with van der Waals surface area (Å²) >= 11 is 0. The van der Waals surface area contributed by atoms with E-state index in [-0.39, 0.29) is 5.91 Å². The standard InChI is InChI=1S/C16H23N3O2/c20-16(19-21)9-3-1-2-6-10-17-12-14-11-13-7-4-5-8-15(13)18-14/h4-5,7-8,11,17-18,21H,1-3,6,9-10,12H2,(H,19,20). The van der Waals surface area contributed by atoms with E-state index < -0.39 is 0 Å². The monoisotopic (exact) mass is 289 g/mol. The Hall–Kier alpha value is -1.85. The predicted octanol–water partition coefficient (Wildman–Crippen LogP) is 2.71. The van der Waals surface area contributed by atoms with Gasteiger partial charge in [-0.15, -0.1) is 0 Å². The maximum Gasteiger partial charge on any atom is 0.243 e. The number of rotatable bonds is 9. The van der Waals surface area contributed by atoms with E-state index in [1.807, 2.05) is 12.1 Å². The van der Waals surface area contributed by atoms with Gasteiger partial charge in [0.15, 0.2) is 0 Å². The summed E-state index contributed by atoms with van der Waals surface area (Å²) in [7, 11) is 0. The quantitative estimate of drug-likeness (QED) is 0.326. The molecule has 114 valence electrons. The van der Waals surface area contributed by atoms with Gasteiger partial charge in [-0.2, -0.15) is 0 Å². The number of carbonyl (C=O) groups is 1. The van der Waals surface area contributed by atoms with Crippen LogP contribution in [0.3, 0.4) is 0 Å². The van der Waals surface area contributed by atoms with Crippen LogP contribution >= 0.6 is 0 Å². The molecule has 0 aliphatic carbocycles. The molecule has 5 nitrogen and oxygen atoms in total. The van der Waals surface area contributed by atoms with E-state index >= 15 is 0 Å². The maximum absolute atomic E-state index is 10.8. The van der Waals surface area contributed by atoms with Crippen molar-refractivity contribution in [2.75, 3.05) is 6.54 Å². The minimum Gasteiger partial charge on any atom is -0.357 e. The van der Waals surface area contributed by atoms with Gasteiger partial charge in [0, 0.05) is 24.2 Å². The molecule has 1 amide bonds. The number of hydrogen-bond acceptors (Lipinski definition) is 3. The van der Waals surface area contributed by atoms with Crippen LogP contribution in [0.2, 0.25) is 0 Å². The Morgan fingerprint density at radius 3 is 2.76 bits per heavy atom. The highest BCUT2D eigenvalue weighted by Gasteiger charge is 2.00. The summed E-state index contributed by atoms with van der Waals surface area (Å²) in [6.45, 7) is 1.82. The first kappa shape index (κ1) is 15.5. The zero-order valence-electron chi connectivity index (χ0n) is 12.2. The average molecular weight is 289 g/mol. The molecule has 2 aromatic rings. The highest BCUT2D eigenvalue weighted by molar-refractivity contribution is 5.80. The summed E-state index contributed by atoms with van der Waals surface area (Å²) in [5.74, 6) is -0.299. The molecule has 0 saturated carbocycles. The van der Waals surface area contributed by atoms with Crippen LogP contribution in [-0.2, 0) is 11.3 Å². The van der Waals surface area contributed by atoms with Crippen LogP contribution in [0.5, 0.6) is 0 Å². The van der Waals surface area contributed by atoms with Crippen molar-refractivity contribution in [1.82, 2.24) is 15.8 Å². The van der Waals surface area contributed by atoms with Crippen molar-refractivity contribution in [3.05, 3.63) is 36.0 Å². The van der Waals surface area contributed by atoms with Gasteiger partial charge in [0.2, 0.25) is 5.91 Å². The van der Waals surface area contributed by atoms with E-state index in [2.05, 4.69) is 28.5 Å². The van der Waals surface area contributed by atoms with Gasteiger partial charge < -0.3 is 10.3 Å². The first-order valence-corrected chi connectivity index (χ1v) is 7.50. The topological polar surface area (TPSA) is 77.2 Å². The van der Waals surface area contributed by atoms with E-state index in [0.29, 0.717) is 6.42 Å². The number of hydroxylamine groups is 1.